The van der Waals surface area contributed by atoms with Crippen LogP contribution >= 0.6 is 11.6 Å². The Balaban J connectivity index is 0. The summed E-state index contributed by atoms with van der Waals surface area (Å²) >= 11 is 5.40. The van der Waals surface area contributed by atoms with Crippen LogP contribution in [0.15, 0.2) is 0 Å². The standard InChI is InChI=1S/C5H12ClN.H3N/c6-4-2-1-3-5-7;/h1-5,7H2;1H3. The lowest BCUT2D eigenvalue weighted by atomic mass is 10.3. The number of alkyl halides is 1. The Bertz CT molecular complexity index is 29.6. The average molecular weight is 139 g/mol. The average Bonchev–Trinajstić information content (AvgIpc) is 1.69. The lowest BCUT2D eigenvalue weighted by Crippen LogP contribution is -1.97. The van der Waals surface area contributed by atoms with Crippen molar-refractivity contribution in [2.75, 3.05) is 12.4 Å². The van der Waals surface area contributed by atoms with E-state index in [1.807, 2.05) is 0 Å². The quantitative estimate of drug-likeness (QED) is 0.457. The van der Waals surface area contributed by atoms with E-state index in [9.17, 15) is 0 Å². The first-order valence-corrected chi connectivity index (χ1v) is 3.21. The van der Waals surface area contributed by atoms with Gasteiger partial charge in [-0.1, -0.05) is 6.42 Å². The van der Waals surface area contributed by atoms with Gasteiger partial charge in [0.25, 0.3) is 0 Å². The molecule has 0 spiro atoms. The number of unbranched alkanes of at least 4 members (excludes halogenated alkanes) is 2. The summed E-state index contributed by atoms with van der Waals surface area (Å²) in [6, 6.07) is 0. The van der Waals surface area contributed by atoms with Crippen LogP contribution in [0.4, 0.5) is 0 Å². The molecule has 0 bridgehead atoms. The predicted molar refractivity (Wildman–Crippen MR) is 38.6 cm³/mol. The molecule has 0 aromatic heterocycles. The molecule has 2 nitrogen and oxygen atoms in total. The van der Waals surface area contributed by atoms with E-state index in [4.69, 9.17) is 17.3 Å². The Kier molecular flexibility index (Phi) is 14.2. The van der Waals surface area contributed by atoms with Gasteiger partial charge in [0.15, 0.2) is 0 Å². The van der Waals surface area contributed by atoms with E-state index in [-0.39, 0.29) is 6.15 Å². The predicted octanol–water partition coefficient (Wildman–Crippen LogP) is 1.52. The zero-order chi connectivity index (χ0) is 5.54. The highest BCUT2D eigenvalue weighted by Crippen LogP contribution is 1.93. The number of nitrogens with two attached hydrogens (primary N) is 1. The lowest BCUT2D eigenvalue weighted by molar-refractivity contribution is 0.730. The molecular formula is C5H15ClN2. The van der Waals surface area contributed by atoms with Gasteiger partial charge in [-0.25, -0.2) is 0 Å². The summed E-state index contributed by atoms with van der Waals surface area (Å²) in [5.41, 5.74) is 5.23. The first-order chi connectivity index (χ1) is 3.41. The Hall–Kier alpha value is 0.210. The molecule has 52 valence electrons. The van der Waals surface area contributed by atoms with E-state index in [1.54, 1.807) is 0 Å². The van der Waals surface area contributed by atoms with Crippen molar-refractivity contribution in [2.45, 2.75) is 19.3 Å². The van der Waals surface area contributed by atoms with Gasteiger partial charge in [-0.2, -0.15) is 0 Å². The fourth-order valence-electron chi connectivity index (χ4n) is 0.416. The minimum absolute atomic E-state index is 0. The summed E-state index contributed by atoms with van der Waals surface area (Å²) in [6.07, 6.45) is 3.41. The van der Waals surface area contributed by atoms with Gasteiger partial charge in [0, 0.05) is 5.88 Å². The molecule has 5 N–H and O–H groups in total. The van der Waals surface area contributed by atoms with Crippen LogP contribution in [0.25, 0.3) is 0 Å². The van der Waals surface area contributed by atoms with Crippen LogP contribution in [0.3, 0.4) is 0 Å². The number of hydrogen-bond acceptors (Lipinski definition) is 2. The lowest BCUT2D eigenvalue weighted by Gasteiger charge is -1.89. The first-order valence-electron chi connectivity index (χ1n) is 2.68. The maximum absolute atomic E-state index is 5.40. The third-order valence-corrected chi connectivity index (χ3v) is 1.11. The van der Waals surface area contributed by atoms with Gasteiger partial charge >= 0.3 is 0 Å². The Labute approximate surface area is 56.0 Å². The molecule has 3 heteroatoms. The van der Waals surface area contributed by atoms with Crippen molar-refractivity contribution in [3.05, 3.63) is 0 Å². The highest BCUT2D eigenvalue weighted by atomic mass is 35.5. The van der Waals surface area contributed by atoms with E-state index < -0.39 is 0 Å². The topological polar surface area (TPSA) is 61.0 Å². The van der Waals surface area contributed by atoms with Crippen molar-refractivity contribution in [1.29, 1.82) is 0 Å². The first kappa shape index (κ1) is 11.1. The van der Waals surface area contributed by atoms with Crippen LogP contribution < -0.4 is 11.9 Å². The molecule has 0 rings (SSSR count). The molecule has 0 saturated heterocycles. The van der Waals surface area contributed by atoms with Gasteiger partial charge < -0.3 is 11.9 Å². The summed E-state index contributed by atoms with van der Waals surface area (Å²) in [7, 11) is 0. The van der Waals surface area contributed by atoms with E-state index in [0.29, 0.717) is 0 Å². The van der Waals surface area contributed by atoms with Crippen molar-refractivity contribution < 1.29 is 0 Å². The van der Waals surface area contributed by atoms with Crippen LogP contribution in [0.5, 0.6) is 0 Å². The Morgan fingerprint density at radius 3 is 2.12 bits per heavy atom. The van der Waals surface area contributed by atoms with Crippen molar-refractivity contribution in [2.24, 2.45) is 5.73 Å². The van der Waals surface area contributed by atoms with Crippen LogP contribution in [0.1, 0.15) is 19.3 Å². The Morgan fingerprint density at radius 2 is 1.75 bits per heavy atom. The fourth-order valence-corrected chi connectivity index (χ4v) is 0.605. The second-order valence-electron chi connectivity index (χ2n) is 1.54. The Morgan fingerprint density at radius 1 is 1.12 bits per heavy atom. The van der Waals surface area contributed by atoms with Crippen LogP contribution in [-0.2, 0) is 0 Å². The molecule has 0 saturated carbocycles. The highest BCUT2D eigenvalue weighted by Gasteiger charge is 1.81. The highest BCUT2D eigenvalue weighted by molar-refractivity contribution is 6.17. The number of hydrogen-bond donors (Lipinski definition) is 2. The largest absolute Gasteiger partial charge is 0.344 e. The van der Waals surface area contributed by atoms with Crippen molar-refractivity contribution >= 4 is 11.6 Å². The fraction of sp³-hybridized carbons (Fsp3) is 1.00. The van der Waals surface area contributed by atoms with Gasteiger partial charge in [-0.05, 0) is 19.4 Å². The van der Waals surface area contributed by atoms with Crippen LogP contribution in [-0.4, -0.2) is 12.4 Å². The second kappa shape index (κ2) is 10.2. The number of rotatable bonds is 4. The van der Waals surface area contributed by atoms with E-state index in [0.717, 1.165) is 25.3 Å². The van der Waals surface area contributed by atoms with E-state index in [1.165, 1.54) is 6.42 Å². The SMILES string of the molecule is N.NCCCCCCl. The van der Waals surface area contributed by atoms with Gasteiger partial charge in [-0.15, -0.1) is 11.6 Å². The van der Waals surface area contributed by atoms with Crippen molar-refractivity contribution in [1.82, 2.24) is 6.15 Å². The molecule has 0 fully saturated rings. The summed E-state index contributed by atoms with van der Waals surface area (Å²) in [5.74, 6) is 0.778. The molecule has 8 heavy (non-hydrogen) atoms. The summed E-state index contributed by atoms with van der Waals surface area (Å²) in [6.45, 7) is 0.802. The minimum Gasteiger partial charge on any atom is -0.344 e. The summed E-state index contributed by atoms with van der Waals surface area (Å²) in [4.78, 5) is 0. The summed E-state index contributed by atoms with van der Waals surface area (Å²) in [5, 5.41) is 0. The van der Waals surface area contributed by atoms with E-state index >= 15 is 0 Å². The molecule has 0 aliphatic rings. The maximum Gasteiger partial charge on any atom is 0.0223 e. The molecule has 0 atom stereocenters. The van der Waals surface area contributed by atoms with Crippen LogP contribution in [0.2, 0.25) is 0 Å². The molecular weight excluding hydrogens is 124 g/mol. The minimum atomic E-state index is 0. The maximum atomic E-state index is 5.40. The molecule has 0 aromatic carbocycles. The van der Waals surface area contributed by atoms with Gasteiger partial charge in [0.1, 0.15) is 0 Å². The molecule has 0 aliphatic carbocycles. The normalized spacial score (nSPS) is 8.25. The third kappa shape index (κ3) is 9.51. The third-order valence-electron chi connectivity index (χ3n) is 0.838. The second-order valence-corrected chi connectivity index (χ2v) is 1.92. The molecule has 0 aliphatic heterocycles. The zero-order valence-corrected chi connectivity index (χ0v) is 5.95. The monoisotopic (exact) mass is 138 g/mol. The zero-order valence-electron chi connectivity index (χ0n) is 5.20. The molecule has 0 radical (unpaired) electrons. The molecule has 0 heterocycles. The van der Waals surface area contributed by atoms with Gasteiger partial charge in [0.05, 0.1) is 0 Å². The van der Waals surface area contributed by atoms with Gasteiger partial charge in [0.2, 0.25) is 0 Å². The van der Waals surface area contributed by atoms with Gasteiger partial charge in [-0.3, -0.25) is 0 Å². The molecule has 0 unspecified atom stereocenters. The van der Waals surface area contributed by atoms with Crippen molar-refractivity contribution in [3.8, 4) is 0 Å². The van der Waals surface area contributed by atoms with Crippen LogP contribution in [0, 0.1) is 0 Å². The molecule has 0 aromatic rings. The smallest absolute Gasteiger partial charge is 0.0223 e. The van der Waals surface area contributed by atoms with E-state index in [2.05, 4.69) is 0 Å². The van der Waals surface area contributed by atoms with Crippen molar-refractivity contribution in [3.63, 3.8) is 0 Å². The number of halogens is 1. The molecule has 0 amide bonds. The summed E-state index contributed by atoms with van der Waals surface area (Å²) < 4.78 is 0.